The standard InChI is InChI=1S/C13H14Cl2N4O/c1-16-11-12(15)18-7-19-13(11)17-6-8-3-4-9(14)5-10(8)20-2/h3-5,7,16H,6H2,1-2H3,(H,17,18,19). The largest absolute Gasteiger partial charge is 0.496 e. The summed E-state index contributed by atoms with van der Waals surface area (Å²) < 4.78 is 5.30. The average molecular weight is 313 g/mol. The van der Waals surface area contributed by atoms with E-state index in [1.165, 1.54) is 6.33 Å². The molecule has 2 aromatic rings. The van der Waals surface area contributed by atoms with Crippen LogP contribution in [-0.2, 0) is 6.54 Å². The molecule has 0 atom stereocenters. The van der Waals surface area contributed by atoms with Crippen LogP contribution in [0.25, 0.3) is 0 Å². The maximum absolute atomic E-state index is 5.99. The van der Waals surface area contributed by atoms with E-state index in [1.54, 1.807) is 20.2 Å². The highest BCUT2D eigenvalue weighted by molar-refractivity contribution is 6.32. The van der Waals surface area contributed by atoms with Gasteiger partial charge in [-0.25, -0.2) is 9.97 Å². The minimum absolute atomic E-state index is 0.369. The van der Waals surface area contributed by atoms with Gasteiger partial charge in [0.2, 0.25) is 0 Å². The van der Waals surface area contributed by atoms with Crippen molar-refractivity contribution in [2.24, 2.45) is 0 Å². The maximum Gasteiger partial charge on any atom is 0.157 e. The molecule has 106 valence electrons. The van der Waals surface area contributed by atoms with Gasteiger partial charge in [0.25, 0.3) is 0 Å². The lowest BCUT2D eigenvalue weighted by molar-refractivity contribution is 0.410. The number of aromatic nitrogens is 2. The Labute approximate surface area is 127 Å². The van der Waals surface area contributed by atoms with Crippen molar-refractivity contribution in [3.8, 4) is 5.75 Å². The van der Waals surface area contributed by atoms with Crippen LogP contribution >= 0.6 is 23.2 Å². The van der Waals surface area contributed by atoms with Gasteiger partial charge in [-0.3, -0.25) is 0 Å². The topological polar surface area (TPSA) is 59.1 Å². The number of benzene rings is 1. The molecule has 1 aromatic heterocycles. The number of hydrogen-bond acceptors (Lipinski definition) is 5. The molecule has 0 aliphatic carbocycles. The van der Waals surface area contributed by atoms with Crippen molar-refractivity contribution in [3.05, 3.63) is 40.3 Å². The summed E-state index contributed by atoms with van der Waals surface area (Å²) in [7, 11) is 3.37. The third-order valence-corrected chi connectivity index (χ3v) is 3.27. The van der Waals surface area contributed by atoms with Crippen LogP contribution in [0.2, 0.25) is 10.2 Å². The molecule has 0 aliphatic heterocycles. The third-order valence-electron chi connectivity index (χ3n) is 2.75. The van der Waals surface area contributed by atoms with Crippen LogP contribution < -0.4 is 15.4 Å². The third kappa shape index (κ3) is 3.23. The molecule has 0 amide bonds. The normalized spacial score (nSPS) is 10.2. The molecule has 1 aromatic carbocycles. The van der Waals surface area contributed by atoms with Gasteiger partial charge in [-0.1, -0.05) is 29.3 Å². The van der Waals surface area contributed by atoms with Gasteiger partial charge in [-0.15, -0.1) is 0 Å². The van der Waals surface area contributed by atoms with Gasteiger partial charge in [-0.2, -0.15) is 0 Å². The zero-order valence-electron chi connectivity index (χ0n) is 11.1. The van der Waals surface area contributed by atoms with Gasteiger partial charge < -0.3 is 15.4 Å². The SMILES string of the molecule is CNc1c(Cl)ncnc1NCc1ccc(Cl)cc1OC. The lowest BCUT2D eigenvalue weighted by Gasteiger charge is -2.13. The Balaban J connectivity index is 2.19. The zero-order chi connectivity index (χ0) is 14.5. The van der Waals surface area contributed by atoms with Gasteiger partial charge in [0, 0.05) is 24.2 Å². The minimum atomic E-state index is 0.369. The number of halogens is 2. The molecular weight excluding hydrogens is 299 g/mol. The Morgan fingerprint density at radius 3 is 2.75 bits per heavy atom. The van der Waals surface area contributed by atoms with Crippen LogP contribution in [-0.4, -0.2) is 24.1 Å². The first-order valence-corrected chi connectivity index (χ1v) is 6.66. The predicted molar refractivity (Wildman–Crippen MR) is 81.9 cm³/mol. The van der Waals surface area contributed by atoms with Crippen molar-refractivity contribution < 1.29 is 4.74 Å². The second-order valence-corrected chi connectivity index (χ2v) is 4.74. The van der Waals surface area contributed by atoms with Gasteiger partial charge in [0.15, 0.2) is 11.0 Å². The maximum atomic E-state index is 5.99. The van der Waals surface area contributed by atoms with Crippen molar-refractivity contribution in [3.63, 3.8) is 0 Å². The minimum Gasteiger partial charge on any atom is -0.496 e. The van der Waals surface area contributed by atoms with Crippen LogP contribution in [0.5, 0.6) is 5.75 Å². The Morgan fingerprint density at radius 1 is 1.25 bits per heavy atom. The van der Waals surface area contributed by atoms with Crippen LogP contribution in [0.1, 0.15) is 5.56 Å². The molecular formula is C13H14Cl2N4O. The fourth-order valence-corrected chi connectivity index (χ4v) is 2.15. The van der Waals surface area contributed by atoms with Crippen LogP contribution in [0, 0.1) is 0 Å². The quantitative estimate of drug-likeness (QED) is 0.828. The second-order valence-electron chi connectivity index (χ2n) is 3.95. The van der Waals surface area contributed by atoms with Gasteiger partial charge >= 0.3 is 0 Å². The van der Waals surface area contributed by atoms with Gasteiger partial charge in [0.1, 0.15) is 17.8 Å². The lowest BCUT2D eigenvalue weighted by Crippen LogP contribution is -2.07. The number of nitrogens with one attached hydrogen (secondary N) is 2. The summed E-state index contributed by atoms with van der Waals surface area (Å²) in [6.07, 6.45) is 1.41. The van der Waals surface area contributed by atoms with E-state index in [4.69, 9.17) is 27.9 Å². The number of methoxy groups -OCH3 is 1. The van der Waals surface area contributed by atoms with E-state index in [-0.39, 0.29) is 0 Å². The molecule has 0 fully saturated rings. The van der Waals surface area contributed by atoms with Crippen molar-refractivity contribution in [1.82, 2.24) is 9.97 Å². The van der Waals surface area contributed by atoms with Crippen molar-refractivity contribution in [2.45, 2.75) is 6.54 Å². The molecule has 0 spiro atoms. The van der Waals surface area contributed by atoms with Crippen molar-refractivity contribution in [2.75, 3.05) is 24.8 Å². The summed E-state index contributed by atoms with van der Waals surface area (Å²) in [4.78, 5) is 8.08. The summed E-state index contributed by atoms with van der Waals surface area (Å²) in [5, 5.41) is 7.16. The highest BCUT2D eigenvalue weighted by Crippen LogP contribution is 2.28. The van der Waals surface area contributed by atoms with Crippen molar-refractivity contribution in [1.29, 1.82) is 0 Å². The predicted octanol–water partition coefficient (Wildman–Crippen LogP) is 3.45. The van der Waals surface area contributed by atoms with E-state index in [9.17, 15) is 0 Å². The first-order chi connectivity index (χ1) is 9.65. The summed E-state index contributed by atoms with van der Waals surface area (Å²) >= 11 is 11.9. The van der Waals surface area contributed by atoms with Crippen LogP contribution in [0.15, 0.2) is 24.5 Å². The summed E-state index contributed by atoms with van der Waals surface area (Å²) in [5.74, 6) is 1.35. The molecule has 7 heteroatoms. The highest BCUT2D eigenvalue weighted by Gasteiger charge is 2.09. The molecule has 0 bridgehead atoms. The number of ether oxygens (including phenoxy) is 1. The first-order valence-electron chi connectivity index (χ1n) is 5.90. The average Bonchev–Trinajstić information content (AvgIpc) is 2.45. The molecule has 2 N–H and O–H groups in total. The van der Waals surface area contributed by atoms with E-state index in [0.29, 0.717) is 28.2 Å². The Morgan fingerprint density at radius 2 is 2.05 bits per heavy atom. The number of nitrogens with zero attached hydrogens (tertiary/aromatic N) is 2. The highest BCUT2D eigenvalue weighted by atomic mass is 35.5. The van der Waals surface area contributed by atoms with Gasteiger partial charge in [-0.05, 0) is 12.1 Å². The smallest absolute Gasteiger partial charge is 0.157 e. The molecule has 1 heterocycles. The summed E-state index contributed by atoms with van der Waals surface area (Å²) in [5.41, 5.74) is 1.62. The van der Waals surface area contributed by atoms with E-state index < -0.39 is 0 Å². The molecule has 0 aliphatic rings. The Kier molecular flexibility index (Phi) is 4.87. The zero-order valence-corrected chi connectivity index (χ0v) is 12.6. The Bertz CT molecular complexity index is 607. The van der Waals surface area contributed by atoms with E-state index >= 15 is 0 Å². The molecule has 0 saturated carbocycles. The number of rotatable bonds is 5. The monoisotopic (exact) mass is 312 g/mol. The van der Waals surface area contributed by atoms with E-state index in [2.05, 4.69) is 20.6 Å². The first kappa shape index (κ1) is 14.7. The summed E-state index contributed by atoms with van der Waals surface area (Å²) in [6, 6.07) is 5.48. The van der Waals surface area contributed by atoms with Gasteiger partial charge in [0.05, 0.1) is 7.11 Å². The summed E-state index contributed by atoms with van der Waals surface area (Å²) in [6.45, 7) is 0.530. The van der Waals surface area contributed by atoms with Crippen LogP contribution in [0.4, 0.5) is 11.5 Å². The molecule has 20 heavy (non-hydrogen) atoms. The second kappa shape index (κ2) is 6.63. The molecule has 0 unspecified atom stereocenters. The molecule has 0 radical (unpaired) electrons. The number of hydrogen-bond donors (Lipinski definition) is 2. The van der Waals surface area contributed by atoms with E-state index in [1.807, 2.05) is 12.1 Å². The fourth-order valence-electron chi connectivity index (χ4n) is 1.76. The molecule has 2 rings (SSSR count). The van der Waals surface area contributed by atoms with Crippen LogP contribution in [0.3, 0.4) is 0 Å². The van der Waals surface area contributed by atoms with E-state index in [0.717, 1.165) is 11.3 Å². The lowest BCUT2D eigenvalue weighted by atomic mass is 10.2. The number of anilines is 2. The van der Waals surface area contributed by atoms with Crippen molar-refractivity contribution >= 4 is 34.7 Å². The fraction of sp³-hybridized carbons (Fsp3) is 0.231. The molecule has 0 saturated heterocycles. The Hall–Kier alpha value is -1.72. The molecule has 5 nitrogen and oxygen atoms in total.